The van der Waals surface area contributed by atoms with Crippen LogP contribution in [0.1, 0.15) is 27.7 Å². The van der Waals surface area contributed by atoms with Gasteiger partial charge in [0.15, 0.2) is 0 Å². The van der Waals surface area contributed by atoms with E-state index in [1.54, 1.807) is 11.0 Å². The predicted octanol–water partition coefficient (Wildman–Crippen LogP) is 3.68. The molecule has 2 rings (SSSR count). The van der Waals surface area contributed by atoms with Crippen LogP contribution in [0.25, 0.3) is 0 Å². The second-order valence-electron chi connectivity index (χ2n) is 7.54. The van der Waals surface area contributed by atoms with Crippen LogP contribution in [0.5, 0.6) is 5.75 Å². The normalized spacial score (nSPS) is 18.3. The summed E-state index contributed by atoms with van der Waals surface area (Å²) in [4.78, 5) is 26.6. The zero-order valence-electron chi connectivity index (χ0n) is 16.1. The summed E-state index contributed by atoms with van der Waals surface area (Å²) in [6, 6.07) is 4.49. The Labute approximate surface area is 167 Å². The molecule has 0 saturated carbocycles. The number of carbonyl (C=O) groups is 1. The largest absolute Gasteiger partial charge is 0.491 e. The van der Waals surface area contributed by atoms with E-state index in [1.165, 1.54) is 12.1 Å². The van der Waals surface area contributed by atoms with Crippen molar-refractivity contribution in [1.82, 2.24) is 9.80 Å². The Kier molecular flexibility index (Phi) is 7.05. The fourth-order valence-electron chi connectivity index (χ4n) is 2.83. The number of nitrogens with zero attached hydrogens (tertiary/aromatic N) is 3. The maximum absolute atomic E-state index is 12.3. The van der Waals surface area contributed by atoms with Crippen molar-refractivity contribution < 1.29 is 19.2 Å². The monoisotopic (exact) mass is 443 g/mol. The van der Waals surface area contributed by atoms with Crippen LogP contribution >= 0.6 is 15.9 Å². The summed E-state index contributed by atoms with van der Waals surface area (Å²) >= 11 is 3.30. The van der Waals surface area contributed by atoms with Crippen molar-refractivity contribution in [3.05, 3.63) is 32.8 Å². The summed E-state index contributed by atoms with van der Waals surface area (Å²) in [6.07, 6.45) is -0.277. The number of ether oxygens (including phenoxy) is 2. The zero-order chi connectivity index (χ0) is 20.2. The molecule has 1 aliphatic rings. The van der Waals surface area contributed by atoms with Crippen molar-refractivity contribution in [2.24, 2.45) is 0 Å². The molecular formula is C18H26BrN3O5. The number of piperazine rings is 1. The van der Waals surface area contributed by atoms with Crippen molar-refractivity contribution in [1.29, 1.82) is 0 Å². The van der Waals surface area contributed by atoms with Crippen LogP contribution in [0, 0.1) is 10.1 Å². The summed E-state index contributed by atoms with van der Waals surface area (Å²) in [6.45, 7) is 10.8. The molecule has 1 aromatic rings. The fourth-order valence-corrected chi connectivity index (χ4v) is 3.31. The molecule has 0 N–H and O–H groups in total. The van der Waals surface area contributed by atoms with E-state index < -0.39 is 10.5 Å². The highest BCUT2D eigenvalue weighted by Gasteiger charge is 2.30. The maximum atomic E-state index is 12.3. The molecule has 1 amide bonds. The maximum Gasteiger partial charge on any atom is 0.410 e. The highest BCUT2D eigenvalue weighted by molar-refractivity contribution is 9.10. The fraction of sp³-hybridized carbons (Fsp3) is 0.611. The average molecular weight is 444 g/mol. The third-order valence-corrected chi connectivity index (χ3v) is 4.75. The van der Waals surface area contributed by atoms with E-state index in [4.69, 9.17) is 9.47 Å². The summed E-state index contributed by atoms with van der Waals surface area (Å²) in [7, 11) is 0. The second-order valence-corrected chi connectivity index (χ2v) is 8.40. The molecular weight excluding hydrogens is 418 g/mol. The first-order valence-corrected chi connectivity index (χ1v) is 9.65. The van der Waals surface area contributed by atoms with Crippen LogP contribution < -0.4 is 4.74 Å². The summed E-state index contributed by atoms with van der Waals surface area (Å²) in [5, 5.41) is 10.8. The van der Waals surface area contributed by atoms with E-state index in [0.29, 0.717) is 29.9 Å². The van der Waals surface area contributed by atoms with Gasteiger partial charge in [-0.25, -0.2) is 4.79 Å². The van der Waals surface area contributed by atoms with Gasteiger partial charge in [-0.15, -0.1) is 0 Å². The van der Waals surface area contributed by atoms with Crippen molar-refractivity contribution in [2.45, 2.75) is 39.3 Å². The van der Waals surface area contributed by atoms with Crippen molar-refractivity contribution >= 4 is 27.7 Å². The molecule has 0 aliphatic carbocycles. The van der Waals surface area contributed by atoms with E-state index in [1.807, 2.05) is 27.7 Å². The minimum absolute atomic E-state index is 0.0151. The number of carbonyl (C=O) groups excluding carboxylic acids is 1. The molecule has 0 spiro atoms. The van der Waals surface area contributed by atoms with E-state index in [9.17, 15) is 14.9 Å². The number of amides is 1. The van der Waals surface area contributed by atoms with Crippen LogP contribution in [0.15, 0.2) is 22.7 Å². The molecule has 1 atom stereocenters. The number of nitro benzene ring substituents is 1. The SMILES string of the molecule is CC1CN(CCOc2ccc([N+](=O)[O-])cc2Br)CCN1C(=O)OC(C)(C)C. The number of hydrogen-bond acceptors (Lipinski definition) is 6. The first-order chi connectivity index (χ1) is 12.6. The highest BCUT2D eigenvalue weighted by Crippen LogP contribution is 2.29. The molecule has 0 bridgehead atoms. The van der Waals surface area contributed by atoms with Crippen LogP contribution in [0.4, 0.5) is 10.5 Å². The third-order valence-electron chi connectivity index (χ3n) is 4.13. The first kappa shape index (κ1) is 21.4. The summed E-state index contributed by atoms with van der Waals surface area (Å²) in [5.41, 5.74) is -0.485. The average Bonchev–Trinajstić information content (AvgIpc) is 2.54. The van der Waals surface area contributed by atoms with Gasteiger partial charge in [-0.1, -0.05) is 0 Å². The lowest BCUT2D eigenvalue weighted by molar-refractivity contribution is -0.385. The molecule has 1 fully saturated rings. The Morgan fingerprint density at radius 1 is 1.37 bits per heavy atom. The lowest BCUT2D eigenvalue weighted by Gasteiger charge is -2.40. The molecule has 1 aliphatic heterocycles. The molecule has 8 nitrogen and oxygen atoms in total. The Morgan fingerprint density at radius 2 is 2.07 bits per heavy atom. The molecule has 1 aromatic carbocycles. The van der Waals surface area contributed by atoms with Crippen molar-refractivity contribution in [3.63, 3.8) is 0 Å². The van der Waals surface area contributed by atoms with Crippen LogP contribution in [-0.4, -0.2) is 65.2 Å². The Balaban J connectivity index is 1.80. The van der Waals surface area contributed by atoms with Gasteiger partial charge in [-0.3, -0.25) is 15.0 Å². The first-order valence-electron chi connectivity index (χ1n) is 8.85. The Bertz CT molecular complexity index is 692. The molecule has 0 aromatic heterocycles. The predicted molar refractivity (Wildman–Crippen MR) is 105 cm³/mol. The summed E-state index contributed by atoms with van der Waals surface area (Å²) in [5.74, 6) is 0.570. The number of nitro groups is 1. The zero-order valence-corrected chi connectivity index (χ0v) is 17.7. The van der Waals surface area contributed by atoms with Crippen LogP contribution in [0.3, 0.4) is 0 Å². The summed E-state index contributed by atoms with van der Waals surface area (Å²) < 4.78 is 11.7. The molecule has 1 heterocycles. The molecule has 1 saturated heterocycles. The van der Waals surface area contributed by atoms with Crippen molar-refractivity contribution in [2.75, 3.05) is 32.8 Å². The van der Waals surface area contributed by atoms with Gasteiger partial charge in [-0.05, 0) is 49.7 Å². The third kappa shape index (κ3) is 6.35. The van der Waals surface area contributed by atoms with Crippen LogP contribution in [0.2, 0.25) is 0 Å². The van der Waals surface area contributed by atoms with Gasteiger partial charge in [-0.2, -0.15) is 0 Å². The van der Waals surface area contributed by atoms with Crippen LogP contribution in [-0.2, 0) is 4.74 Å². The lowest BCUT2D eigenvalue weighted by Crippen LogP contribution is -2.55. The van der Waals surface area contributed by atoms with Gasteiger partial charge in [0.2, 0.25) is 0 Å². The minimum atomic E-state index is -0.500. The minimum Gasteiger partial charge on any atom is -0.491 e. The number of non-ortho nitro benzene ring substituents is 1. The van der Waals surface area contributed by atoms with Gasteiger partial charge in [0.25, 0.3) is 5.69 Å². The Morgan fingerprint density at radius 3 is 2.63 bits per heavy atom. The van der Waals surface area contributed by atoms with E-state index >= 15 is 0 Å². The van der Waals surface area contributed by atoms with Gasteiger partial charge >= 0.3 is 6.09 Å². The van der Waals surface area contributed by atoms with E-state index in [0.717, 1.165) is 13.1 Å². The molecule has 9 heteroatoms. The van der Waals surface area contributed by atoms with Gasteiger partial charge in [0.1, 0.15) is 18.0 Å². The van der Waals surface area contributed by atoms with Crippen molar-refractivity contribution in [3.8, 4) is 5.75 Å². The number of benzene rings is 1. The number of hydrogen-bond donors (Lipinski definition) is 0. The molecule has 150 valence electrons. The van der Waals surface area contributed by atoms with Gasteiger partial charge in [0.05, 0.1) is 9.40 Å². The molecule has 1 unspecified atom stereocenters. The topological polar surface area (TPSA) is 85.2 Å². The number of halogens is 1. The van der Waals surface area contributed by atoms with E-state index in [-0.39, 0.29) is 17.8 Å². The quantitative estimate of drug-likeness (QED) is 0.509. The second kappa shape index (κ2) is 8.88. The van der Waals surface area contributed by atoms with Gasteiger partial charge in [0, 0.05) is 44.4 Å². The smallest absolute Gasteiger partial charge is 0.410 e. The van der Waals surface area contributed by atoms with Gasteiger partial charge < -0.3 is 14.4 Å². The number of rotatable bonds is 5. The Hall–Kier alpha value is -1.87. The van der Waals surface area contributed by atoms with E-state index in [2.05, 4.69) is 20.8 Å². The highest BCUT2D eigenvalue weighted by atomic mass is 79.9. The molecule has 27 heavy (non-hydrogen) atoms. The molecule has 0 radical (unpaired) electrons. The lowest BCUT2D eigenvalue weighted by atomic mass is 10.2. The standard InChI is InChI=1S/C18H26BrN3O5/c1-13-12-20(7-8-21(13)17(23)27-18(2,3)4)9-10-26-16-6-5-14(22(24)25)11-15(16)19/h5-6,11,13H,7-10,12H2,1-4H3.